The molecule has 1 saturated heterocycles. The highest BCUT2D eigenvalue weighted by Crippen LogP contribution is 2.27. The lowest BCUT2D eigenvalue weighted by molar-refractivity contribution is -0.136. The average molecular weight is 327 g/mol. The Kier molecular flexibility index (Phi) is 5.38. The fraction of sp³-hybridized carbons (Fsp3) is 0.389. The minimum absolute atomic E-state index is 0.0202. The largest absolute Gasteiger partial charge is 0.437 e. The fourth-order valence-corrected chi connectivity index (χ4v) is 2.88. The van der Waals surface area contributed by atoms with Gasteiger partial charge in [-0.3, -0.25) is 9.78 Å². The predicted octanol–water partition coefficient (Wildman–Crippen LogP) is 2.62. The van der Waals surface area contributed by atoms with Crippen LogP contribution < -0.4 is 4.74 Å². The van der Waals surface area contributed by atoms with Crippen LogP contribution in [0, 0.1) is 0 Å². The fourth-order valence-electron chi connectivity index (χ4n) is 2.88. The van der Waals surface area contributed by atoms with Gasteiger partial charge in [-0.15, -0.1) is 0 Å². The van der Waals surface area contributed by atoms with E-state index in [0.29, 0.717) is 12.4 Å². The number of methoxy groups -OCH3 is 1. The molecule has 3 rings (SSSR count). The number of nitrogens with zero attached hydrogens (tertiary/aromatic N) is 3. The number of rotatable bonds is 5. The lowest BCUT2D eigenvalue weighted by Crippen LogP contribution is -2.41. The van der Waals surface area contributed by atoms with Crippen molar-refractivity contribution in [1.29, 1.82) is 0 Å². The molecule has 6 heteroatoms. The highest BCUT2D eigenvalue weighted by molar-refractivity contribution is 5.77. The van der Waals surface area contributed by atoms with Crippen molar-refractivity contribution in [2.45, 2.75) is 18.8 Å². The Bertz CT molecular complexity index is 678. The van der Waals surface area contributed by atoms with Crippen LogP contribution in [0.5, 0.6) is 11.6 Å². The van der Waals surface area contributed by atoms with E-state index in [9.17, 15) is 4.79 Å². The van der Waals surface area contributed by atoms with E-state index in [1.807, 2.05) is 35.2 Å². The maximum atomic E-state index is 12.0. The monoisotopic (exact) mass is 327 g/mol. The number of hydrogen-bond acceptors (Lipinski definition) is 5. The van der Waals surface area contributed by atoms with Crippen molar-refractivity contribution in [2.24, 2.45) is 0 Å². The molecule has 1 fully saturated rings. The zero-order valence-corrected chi connectivity index (χ0v) is 13.7. The molecule has 1 amide bonds. The van der Waals surface area contributed by atoms with Crippen molar-refractivity contribution >= 4 is 5.91 Å². The van der Waals surface area contributed by atoms with Crippen LogP contribution in [0.3, 0.4) is 0 Å². The van der Waals surface area contributed by atoms with Gasteiger partial charge in [0.05, 0.1) is 11.9 Å². The molecule has 1 aliphatic heterocycles. The number of likely N-dealkylation sites (tertiary alicyclic amines) is 1. The number of para-hydroxylation sites is 1. The van der Waals surface area contributed by atoms with Crippen molar-refractivity contribution < 1.29 is 14.3 Å². The highest BCUT2D eigenvalue weighted by atomic mass is 16.5. The summed E-state index contributed by atoms with van der Waals surface area (Å²) in [5.41, 5.74) is 0.860. The van der Waals surface area contributed by atoms with E-state index in [2.05, 4.69) is 9.97 Å². The van der Waals surface area contributed by atoms with Gasteiger partial charge in [0.15, 0.2) is 0 Å². The second-order valence-corrected chi connectivity index (χ2v) is 5.81. The lowest BCUT2D eigenvalue weighted by atomic mass is 9.95. The number of piperidine rings is 1. The molecule has 1 unspecified atom stereocenters. The molecular weight excluding hydrogens is 306 g/mol. The van der Waals surface area contributed by atoms with Gasteiger partial charge in [-0.1, -0.05) is 18.2 Å². The van der Waals surface area contributed by atoms with Gasteiger partial charge in [0.2, 0.25) is 11.8 Å². The Morgan fingerprint density at radius 2 is 2.12 bits per heavy atom. The van der Waals surface area contributed by atoms with Crippen molar-refractivity contribution in [3.05, 3.63) is 48.4 Å². The second kappa shape index (κ2) is 7.88. The van der Waals surface area contributed by atoms with Crippen molar-refractivity contribution in [1.82, 2.24) is 14.9 Å². The summed E-state index contributed by atoms with van der Waals surface area (Å²) in [5.74, 6) is 1.39. The summed E-state index contributed by atoms with van der Waals surface area (Å²) in [6.07, 6.45) is 5.30. The van der Waals surface area contributed by atoms with Crippen molar-refractivity contribution in [3.8, 4) is 11.6 Å². The number of ether oxygens (including phenoxy) is 2. The normalized spacial score (nSPS) is 17.5. The zero-order valence-electron chi connectivity index (χ0n) is 13.7. The SMILES string of the molecule is COCC(=O)N1CCCC(c2cncc(Oc3ccccc3)n2)C1. The van der Waals surface area contributed by atoms with Gasteiger partial charge in [-0.2, -0.15) is 0 Å². The van der Waals surface area contributed by atoms with E-state index in [4.69, 9.17) is 9.47 Å². The minimum Gasteiger partial charge on any atom is -0.437 e. The van der Waals surface area contributed by atoms with Gasteiger partial charge >= 0.3 is 0 Å². The molecule has 126 valence electrons. The van der Waals surface area contributed by atoms with Crippen LogP contribution in [0.2, 0.25) is 0 Å². The molecule has 1 aliphatic rings. The molecule has 0 saturated carbocycles. The van der Waals surface area contributed by atoms with Crippen LogP contribution >= 0.6 is 0 Å². The standard InChI is InChI=1S/C18H21N3O3/c1-23-13-18(22)21-9-5-6-14(12-21)16-10-19-11-17(20-16)24-15-7-3-2-4-8-15/h2-4,7-8,10-11,14H,5-6,9,12-13H2,1H3. The first kappa shape index (κ1) is 16.4. The van der Waals surface area contributed by atoms with Crippen molar-refractivity contribution in [3.63, 3.8) is 0 Å². The minimum atomic E-state index is 0.0202. The molecule has 6 nitrogen and oxygen atoms in total. The van der Waals surface area contributed by atoms with E-state index in [1.54, 1.807) is 12.4 Å². The number of hydrogen-bond donors (Lipinski definition) is 0. The van der Waals surface area contributed by atoms with Crippen LogP contribution in [0.25, 0.3) is 0 Å². The van der Waals surface area contributed by atoms with E-state index in [-0.39, 0.29) is 18.4 Å². The van der Waals surface area contributed by atoms with Crippen LogP contribution in [0.1, 0.15) is 24.5 Å². The molecule has 0 spiro atoms. The first-order valence-electron chi connectivity index (χ1n) is 8.08. The number of benzene rings is 1. The number of carbonyl (C=O) groups excluding carboxylic acids is 1. The second-order valence-electron chi connectivity index (χ2n) is 5.81. The molecule has 0 aliphatic carbocycles. The third kappa shape index (κ3) is 4.08. The van der Waals surface area contributed by atoms with E-state index in [1.165, 1.54) is 7.11 Å². The van der Waals surface area contributed by atoms with E-state index in [0.717, 1.165) is 30.8 Å². The third-order valence-corrected chi connectivity index (χ3v) is 4.06. The maximum absolute atomic E-state index is 12.0. The molecule has 1 aromatic carbocycles. The van der Waals surface area contributed by atoms with Crippen LogP contribution in [0.15, 0.2) is 42.7 Å². The van der Waals surface area contributed by atoms with Crippen LogP contribution in [0.4, 0.5) is 0 Å². The van der Waals surface area contributed by atoms with Crippen molar-refractivity contribution in [2.75, 3.05) is 26.8 Å². The first-order chi connectivity index (χ1) is 11.8. The Hall–Kier alpha value is -2.47. The Labute approximate surface area is 141 Å². The number of amides is 1. The smallest absolute Gasteiger partial charge is 0.248 e. The topological polar surface area (TPSA) is 64.5 Å². The predicted molar refractivity (Wildman–Crippen MR) is 89.0 cm³/mol. The summed E-state index contributed by atoms with van der Waals surface area (Å²) in [4.78, 5) is 22.7. The third-order valence-electron chi connectivity index (χ3n) is 4.06. The van der Waals surface area contributed by atoms with Crippen LogP contribution in [-0.2, 0) is 9.53 Å². The molecule has 2 aromatic rings. The Balaban J connectivity index is 1.70. The molecule has 24 heavy (non-hydrogen) atoms. The number of aromatic nitrogens is 2. The maximum Gasteiger partial charge on any atom is 0.248 e. The summed E-state index contributed by atoms with van der Waals surface area (Å²) < 4.78 is 10.7. The summed E-state index contributed by atoms with van der Waals surface area (Å²) in [6, 6.07) is 9.50. The highest BCUT2D eigenvalue weighted by Gasteiger charge is 2.26. The number of carbonyl (C=O) groups is 1. The van der Waals surface area contributed by atoms with Gasteiger partial charge in [-0.25, -0.2) is 4.98 Å². The zero-order chi connectivity index (χ0) is 16.8. The van der Waals surface area contributed by atoms with Gasteiger partial charge in [0.1, 0.15) is 12.4 Å². The molecule has 0 N–H and O–H groups in total. The van der Waals surface area contributed by atoms with Gasteiger partial charge in [0, 0.05) is 32.3 Å². The van der Waals surface area contributed by atoms with E-state index < -0.39 is 0 Å². The molecule has 2 heterocycles. The molecule has 0 radical (unpaired) electrons. The lowest BCUT2D eigenvalue weighted by Gasteiger charge is -2.32. The quantitative estimate of drug-likeness (QED) is 0.844. The van der Waals surface area contributed by atoms with Gasteiger partial charge in [-0.05, 0) is 25.0 Å². The summed E-state index contributed by atoms with van der Waals surface area (Å²) >= 11 is 0. The van der Waals surface area contributed by atoms with Gasteiger partial charge in [0.25, 0.3) is 0 Å². The van der Waals surface area contributed by atoms with Gasteiger partial charge < -0.3 is 14.4 Å². The average Bonchev–Trinajstić information content (AvgIpc) is 2.63. The van der Waals surface area contributed by atoms with Crippen LogP contribution in [-0.4, -0.2) is 47.6 Å². The summed E-state index contributed by atoms with van der Waals surface area (Å²) in [7, 11) is 1.54. The molecule has 1 atom stereocenters. The van der Waals surface area contributed by atoms with E-state index >= 15 is 0 Å². The molecular formula is C18H21N3O3. The summed E-state index contributed by atoms with van der Waals surface area (Å²) in [6.45, 7) is 1.54. The summed E-state index contributed by atoms with van der Waals surface area (Å²) in [5, 5.41) is 0. The molecule has 0 bridgehead atoms. The molecule has 1 aromatic heterocycles. The Morgan fingerprint density at radius 3 is 2.92 bits per heavy atom. The first-order valence-corrected chi connectivity index (χ1v) is 8.08. The Morgan fingerprint density at radius 1 is 1.29 bits per heavy atom.